The van der Waals surface area contributed by atoms with Crippen LogP contribution in [0.1, 0.15) is 6.92 Å². The van der Waals surface area contributed by atoms with E-state index in [1.54, 1.807) is 12.3 Å². The van der Waals surface area contributed by atoms with Crippen molar-refractivity contribution < 1.29 is 9.13 Å². The van der Waals surface area contributed by atoms with Crippen LogP contribution in [-0.4, -0.2) is 16.5 Å². The summed E-state index contributed by atoms with van der Waals surface area (Å²) >= 11 is 3.20. The molecule has 0 atom stereocenters. The molecular weight excluding hydrogens is 301 g/mol. The minimum absolute atomic E-state index is 0.311. The van der Waals surface area contributed by atoms with Gasteiger partial charge >= 0.3 is 0 Å². The van der Waals surface area contributed by atoms with Crippen molar-refractivity contribution in [2.75, 3.05) is 11.9 Å². The van der Waals surface area contributed by atoms with Crippen LogP contribution in [-0.2, 0) is 0 Å². The Bertz CT molecular complexity index is 530. The van der Waals surface area contributed by atoms with Crippen molar-refractivity contribution in [1.82, 2.24) is 9.97 Å². The van der Waals surface area contributed by atoms with Crippen LogP contribution in [0.25, 0.3) is 0 Å². The van der Waals surface area contributed by atoms with Crippen LogP contribution in [0.2, 0.25) is 0 Å². The SMILES string of the molecule is CCNc1cncc(Oc2cc(F)cc(Br)c2)n1. The average Bonchev–Trinajstić information content (AvgIpc) is 2.28. The third kappa shape index (κ3) is 3.40. The van der Waals surface area contributed by atoms with Crippen molar-refractivity contribution in [2.45, 2.75) is 6.92 Å². The molecule has 0 spiro atoms. The Morgan fingerprint density at radius 3 is 2.89 bits per heavy atom. The summed E-state index contributed by atoms with van der Waals surface area (Å²) in [7, 11) is 0. The number of aromatic nitrogens is 2. The maximum atomic E-state index is 13.2. The van der Waals surface area contributed by atoms with Crippen LogP contribution in [0.4, 0.5) is 10.2 Å². The lowest BCUT2D eigenvalue weighted by Gasteiger charge is -2.07. The number of nitrogens with one attached hydrogen (secondary N) is 1. The molecule has 0 saturated heterocycles. The van der Waals surface area contributed by atoms with E-state index < -0.39 is 0 Å². The standard InChI is InChI=1S/C12H11BrFN3O/c1-2-16-11-6-15-7-12(17-11)18-10-4-8(13)3-9(14)5-10/h3-7H,2H2,1H3,(H,16,17). The highest BCUT2D eigenvalue weighted by Crippen LogP contribution is 2.24. The largest absolute Gasteiger partial charge is 0.437 e. The first-order chi connectivity index (χ1) is 8.67. The molecule has 0 unspecified atom stereocenters. The van der Waals surface area contributed by atoms with Gasteiger partial charge in [0.05, 0.1) is 12.4 Å². The second kappa shape index (κ2) is 5.77. The van der Waals surface area contributed by atoms with Gasteiger partial charge in [-0.15, -0.1) is 0 Å². The summed E-state index contributed by atoms with van der Waals surface area (Å²) in [5.41, 5.74) is 0. The van der Waals surface area contributed by atoms with Crippen molar-refractivity contribution in [1.29, 1.82) is 0 Å². The third-order valence-corrected chi connectivity index (χ3v) is 2.49. The molecule has 1 N–H and O–H groups in total. The number of hydrogen-bond donors (Lipinski definition) is 1. The minimum Gasteiger partial charge on any atom is -0.437 e. The first-order valence-electron chi connectivity index (χ1n) is 5.37. The second-order valence-electron chi connectivity index (χ2n) is 3.48. The zero-order valence-corrected chi connectivity index (χ0v) is 11.2. The van der Waals surface area contributed by atoms with Gasteiger partial charge in [0.2, 0.25) is 5.88 Å². The van der Waals surface area contributed by atoms with Crippen LogP contribution in [0.5, 0.6) is 11.6 Å². The topological polar surface area (TPSA) is 47.0 Å². The van der Waals surface area contributed by atoms with E-state index in [1.807, 2.05) is 6.92 Å². The van der Waals surface area contributed by atoms with Gasteiger partial charge in [0.15, 0.2) is 0 Å². The molecule has 0 aliphatic carbocycles. The summed E-state index contributed by atoms with van der Waals surface area (Å²) < 4.78 is 19.2. The molecule has 2 aromatic rings. The molecule has 0 fully saturated rings. The second-order valence-corrected chi connectivity index (χ2v) is 4.40. The molecule has 94 valence electrons. The predicted molar refractivity (Wildman–Crippen MR) is 70.4 cm³/mol. The lowest BCUT2D eigenvalue weighted by Crippen LogP contribution is -2.00. The van der Waals surface area contributed by atoms with Gasteiger partial charge in [-0.2, -0.15) is 4.98 Å². The zero-order chi connectivity index (χ0) is 13.0. The molecule has 0 aliphatic heterocycles. The normalized spacial score (nSPS) is 10.2. The van der Waals surface area contributed by atoms with Crippen LogP contribution in [0, 0.1) is 5.82 Å². The van der Waals surface area contributed by atoms with Crippen molar-refractivity contribution in [3.05, 3.63) is 40.9 Å². The fraction of sp³-hybridized carbons (Fsp3) is 0.167. The molecule has 0 radical (unpaired) electrons. The minimum atomic E-state index is -0.379. The summed E-state index contributed by atoms with van der Waals surface area (Å²) in [5.74, 6) is 0.913. The maximum absolute atomic E-state index is 13.2. The molecule has 0 saturated carbocycles. The van der Waals surface area contributed by atoms with Crippen LogP contribution in [0.3, 0.4) is 0 Å². The number of rotatable bonds is 4. The van der Waals surface area contributed by atoms with Gasteiger partial charge in [0, 0.05) is 17.1 Å². The van der Waals surface area contributed by atoms with Crippen molar-refractivity contribution in [2.24, 2.45) is 0 Å². The molecule has 0 bridgehead atoms. The van der Waals surface area contributed by atoms with Crippen LogP contribution in [0.15, 0.2) is 35.1 Å². The lowest BCUT2D eigenvalue weighted by atomic mass is 10.3. The summed E-state index contributed by atoms with van der Waals surface area (Å²) in [4.78, 5) is 8.17. The molecule has 18 heavy (non-hydrogen) atoms. The molecule has 0 amide bonds. The van der Waals surface area contributed by atoms with Crippen LogP contribution >= 0.6 is 15.9 Å². The fourth-order valence-corrected chi connectivity index (χ4v) is 1.82. The van der Waals surface area contributed by atoms with E-state index in [2.05, 4.69) is 31.2 Å². The zero-order valence-electron chi connectivity index (χ0n) is 9.65. The molecule has 1 aromatic carbocycles. The summed E-state index contributed by atoms with van der Waals surface area (Å²) in [6, 6.07) is 4.30. The Morgan fingerprint density at radius 2 is 2.17 bits per heavy atom. The van der Waals surface area contributed by atoms with Gasteiger partial charge in [-0.25, -0.2) is 4.39 Å². The predicted octanol–water partition coefficient (Wildman–Crippen LogP) is 3.60. The van der Waals surface area contributed by atoms with Crippen molar-refractivity contribution in [3.63, 3.8) is 0 Å². The highest BCUT2D eigenvalue weighted by molar-refractivity contribution is 9.10. The monoisotopic (exact) mass is 311 g/mol. The Labute approximate surface area is 112 Å². The van der Waals surface area contributed by atoms with E-state index in [-0.39, 0.29) is 5.82 Å². The van der Waals surface area contributed by atoms with Gasteiger partial charge in [-0.1, -0.05) is 15.9 Å². The maximum Gasteiger partial charge on any atom is 0.239 e. The Hall–Kier alpha value is -1.69. The fourth-order valence-electron chi connectivity index (χ4n) is 1.37. The molecule has 1 aromatic heterocycles. The first-order valence-corrected chi connectivity index (χ1v) is 6.16. The van der Waals surface area contributed by atoms with Gasteiger partial charge in [-0.05, 0) is 19.1 Å². The van der Waals surface area contributed by atoms with Gasteiger partial charge < -0.3 is 10.1 Å². The smallest absolute Gasteiger partial charge is 0.239 e. The summed E-state index contributed by atoms with van der Waals surface area (Å²) in [6.45, 7) is 2.70. The third-order valence-electron chi connectivity index (χ3n) is 2.03. The summed E-state index contributed by atoms with van der Waals surface area (Å²) in [6.07, 6.45) is 3.07. The van der Waals surface area contributed by atoms with E-state index in [0.717, 1.165) is 6.54 Å². The van der Waals surface area contributed by atoms with E-state index in [1.165, 1.54) is 18.3 Å². The average molecular weight is 312 g/mol. The molecule has 6 heteroatoms. The van der Waals surface area contributed by atoms with E-state index in [0.29, 0.717) is 21.9 Å². The van der Waals surface area contributed by atoms with E-state index in [4.69, 9.17) is 4.74 Å². The van der Waals surface area contributed by atoms with Gasteiger partial charge in [-0.3, -0.25) is 4.98 Å². The molecule has 0 aliphatic rings. The number of ether oxygens (including phenoxy) is 1. The molecular formula is C12H11BrFN3O. The molecule has 2 rings (SSSR count). The van der Waals surface area contributed by atoms with Gasteiger partial charge in [0.25, 0.3) is 0 Å². The molecule has 4 nitrogen and oxygen atoms in total. The van der Waals surface area contributed by atoms with E-state index >= 15 is 0 Å². The van der Waals surface area contributed by atoms with Crippen molar-refractivity contribution in [3.8, 4) is 11.6 Å². The number of halogens is 2. The number of anilines is 1. The number of benzene rings is 1. The Morgan fingerprint density at radius 1 is 1.33 bits per heavy atom. The highest BCUT2D eigenvalue weighted by atomic mass is 79.9. The molecule has 1 heterocycles. The Balaban J connectivity index is 2.20. The van der Waals surface area contributed by atoms with Crippen molar-refractivity contribution >= 4 is 21.7 Å². The first kappa shape index (κ1) is 12.8. The highest BCUT2D eigenvalue weighted by Gasteiger charge is 2.04. The van der Waals surface area contributed by atoms with E-state index in [9.17, 15) is 4.39 Å². The van der Waals surface area contributed by atoms with Gasteiger partial charge in [0.1, 0.15) is 17.4 Å². The number of nitrogens with zero attached hydrogens (tertiary/aromatic N) is 2. The Kier molecular flexibility index (Phi) is 4.09. The summed E-state index contributed by atoms with van der Waals surface area (Å²) in [5, 5.41) is 3.02. The quantitative estimate of drug-likeness (QED) is 0.937. The lowest BCUT2D eigenvalue weighted by molar-refractivity contribution is 0.456. The van der Waals surface area contributed by atoms with Crippen LogP contribution < -0.4 is 10.1 Å². The number of hydrogen-bond acceptors (Lipinski definition) is 4.